The molecule has 7 heteroatoms. The van der Waals surface area contributed by atoms with Gasteiger partial charge in [-0.3, -0.25) is 9.59 Å². The zero-order valence-corrected chi connectivity index (χ0v) is 14.8. The van der Waals surface area contributed by atoms with Crippen molar-refractivity contribution in [2.24, 2.45) is 0 Å². The van der Waals surface area contributed by atoms with E-state index in [4.69, 9.17) is 14.2 Å². The van der Waals surface area contributed by atoms with Gasteiger partial charge in [0.15, 0.2) is 0 Å². The lowest BCUT2D eigenvalue weighted by atomic mass is 10.2. The molecule has 1 N–H and O–H groups in total. The highest BCUT2D eigenvalue weighted by Gasteiger charge is 2.29. The Morgan fingerprint density at radius 2 is 1.79 bits per heavy atom. The van der Waals surface area contributed by atoms with Crippen LogP contribution in [0.5, 0.6) is 0 Å². The lowest BCUT2D eigenvalue weighted by Gasteiger charge is -2.29. The Morgan fingerprint density at radius 3 is 2.38 bits per heavy atom. The predicted octanol–water partition coefficient (Wildman–Crippen LogP) is 0.714. The lowest BCUT2D eigenvalue weighted by molar-refractivity contribution is -0.143. The second-order valence-electron chi connectivity index (χ2n) is 6.53. The Labute approximate surface area is 144 Å². The highest BCUT2D eigenvalue weighted by atomic mass is 16.5. The lowest BCUT2D eigenvalue weighted by Crippen LogP contribution is -2.45. The second-order valence-corrected chi connectivity index (χ2v) is 6.53. The van der Waals surface area contributed by atoms with Gasteiger partial charge in [-0.2, -0.15) is 0 Å². The van der Waals surface area contributed by atoms with Gasteiger partial charge in [0.2, 0.25) is 5.91 Å². The zero-order chi connectivity index (χ0) is 17.4. The largest absolute Gasteiger partial charge is 0.378 e. The summed E-state index contributed by atoms with van der Waals surface area (Å²) in [5, 5.41) is 2.81. The number of carbonyl (C=O) groups is 2. The van der Waals surface area contributed by atoms with Gasteiger partial charge in [-0.15, -0.1) is 0 Å². The molecule has 0 unspecified atom stereocenters. The summed E-state index contributed by atoms with van der Waals surface area (Å²) in [7, 11) is 0. The molecule has 0 aromatic rings. The van der Waals surface area contributed by atoms with E-state index in [9.17, 15) is 9.59 Å². The normalized spacial score (nSPS) is 23.6. The molecule has 2 aliphatic rings. The number of carbonyl (C=O) groups excluding carboxylic acids is 2. The van der Waals surface area contributed by atoms with Gasteiger partial charge in [0.25, 0.3) is 5.91 Å². The quantitative estimate of drug-likeness (QED) is 0.625. The summed E-state index contributed by atoms with van der Waals surface area (Å²) < 4.78 is 16.3. The average Bonchev–Trinajstić information content (AvgIpc) is 3.25. The monoisotopic (exact) mass is 342 g/mol. The number of ether oxygens (including phenoxy) is 3. The van der Waals surface area contributed by atoms with E-state index in [1.54, 1.807) is 4.90 Å². The van der Waals surface area contributed by atoms with E-state index in [0.717, 1.165) is 25.7 Å². The molecular formula is C17H30N2O5. The van der Waals surface area contributed by atoms with Gasteiger partial charge in [-0.05, 0) is 39.5 Å². The van der Waals surface area contributed by atoms with Crippen LogP contribution in [0.2, 0.25) is 0 Å². The average molecular weight is 342 g/mol. The molecule has 0 spiro atoms. The molecule has 24 heavy (non-hydrogen) atoms. The molecule has 0 aliphatic carbocycles. The third-order valence-electron chi connectivity index (χ3n) is 4.36. The smallest absolute Gasteiger partial charge is 0.252 e. The van der Waals surface area contributed by atoms with Crippen molar-refractivity contribution in [2.45, 2.75) is 57.8 Å². The molecule has 0 aromatic heterocycles. The maximum atomic E-state index is 12.4. The van der Waals surface area contributed by atoms with Crippen molar-refractivity contribution in [3.8, 4) is 0 Å². The van der Waals surface area contributed by atoms with E-state index < -0.39 is 0 Å². The summed E-state index contributed by atoms with van der Waals surface area (Å²) in [5.74, 6) is -0.00810. The first-order chi connectivity index (χ1) is 11.6. The molecule has 7 nitrogen and oxygen atoms in total. The van der Waals surface area contributed by atoms with Crippen molar-refractivity contribution in [3.63, 3.8) is 0 Å². The Bertz CT molecular complexity index is 404. The Balaban J connectivity index is 1.58. The van der Waals surface area contributed by atoms with Crippen molar-refractivity contribution < 1.29 is 23.8 Å². The number of amides is 2. The van der Waals surface area contributed by atoms with E-state index in [1.807, 2.05) is 13.8 Å². The van der Waals surface area contributed by atoms with Crippen molar-refractivity contribution in [1.82, 2.24) is 10.2 Å². The molecule has 0 radical (unpaired) electrons. The minimum absolute atomic E-state index is 0.0535. The van der Waals surface area contributed by atoms with Crippen LogP contribution in [0.1, 0.15) is 39.5 Å². The number of nitrogens with zero attached hydrogens (tertiary/aromatic N) is 1. The fraction of sp³-hybridized carbons (Fsp3) is 0.882. The van der Waals surface area contributed by atoms with Gasteiger partial charge in [0.1, 0.15) is 12.2 Å². The van der Waals surface area contributed by atoms with Crippen molar-refractivity contribution in [2.75, 3.05) is 39.5 Å². The minimum atomic E-state index is -0.300. The van der Waals surface area contributed by atoms with E-state index in [2.05, 4.69) is 5.32 Å². The van der Waals surface area contributed by atoms with Gasteiger partial charge in [-0.25, -0.2) is 0 Å². The first-order valence-corrected chi connectivity index (χ1v) is 8.98. The van der Waals surface area contributed by atoms with Gasteiger partial charge in [0, 0.05) is 32.3 Å². The molecule has 0 aromatic carbocycles. The van der Waals surface area contributed by atoms with Crippen LogP contribution in [0.15, 0.2) is 0 Å². The van der Waals surface area contributed by atoms with Crippen LogP contribution >= 0.6 is 0 Å². The third-order valence-corrected chi connectivity index (χ3v) is 4.36. The zero-order valence-electron chi connectivity index (χ0n) is 14.8. The molecule has 2 aliphatic heterocycles. The second kappa shape index (κ2) is 9.96. The van der Waals surface area contributed by atoms with Crippen LogP contribution in [0.3, 0.4) is 0 Å². The number of hydrogen-bond acceptors (Lipinski definition) is 5. The summed E-state index contributed by atoms with van der Waals surface area (Å²) in [6, 6.07) is 0.115. The van der Waals surface area contributed by atoms with Crippen LogP contribution in [-0.2, 0) is 23.8 Å². The Hall–Kier alpha value is -1.18. The van der Waals surface area contributed by atoms with E-state index in [-0.39, 0.29) is 30.1 Å². The molecule has 2 heterocycles. The highest BCUT2D eigenvalue weighted by Crippen LogP contribution is 2.16. The molecule has 2 atom stereocenters. The van der Waals surface area contributed by atoms with E-state index in [1.165, 1.54) is 0 Å². The first-order valence-electron chi connectivity index (χ1n) is 8.98. The van der Waals surface area contributed by atoms with Gasteiger partial charge >= 0.3 is 0 Å². The Morgan fingerprint density at radius 1 is 1.12 bits per heavy atom. The number of rotatable bonds is 9. The maximum absolute atomic E-state index is 12.4. The van der Waals surface area contributed by atoms with Crippen LogP contribution in [0.4, 0.5) is 0 Å². The van der Waals surface area contributed by atoms with E-state index >= 15 is 0 Å². The fourth-order valence-electron chi connectivity index (χ4n) is 2.99. The van der Waals surface area contributed by atoms with Crippen LogP contribution in [0.25, 0.3) is 0 Å². The van der Waals surface area contributed by atoms with Crippen molar-refractivity contribution in [3.05, 3.63) is 0 Å². The van der Waals surface area contributed by atoms with Crippen LogP contribution < -0.4 is 5.32 Å². The molecule has 2 rings (SSSR count). The first kappa shape index (κ1) is 19.1. The van der Waals surface area contributed by atoms with Crippen molar-refractivity contribution in [1.29, 1.82) is 0 Å². The molecule has 2 fully saturated rings. The van der Waals surface area contributed by atoms with E-state index in [0.29, 0.717) is 39.5 Å². The predicted molar refractivity (Wildman–Crippen MR) is 88.6 cm³/mol. The van der Waals surface area contributed by atoms with Gasteiger partial charge in [0.05, 0.1) is 13.2 Å². The summed E-state index contributed by atoms with van der Waals surface area (Å²) in [6.07, 6.45) is 2.89. The molecule has 0 bridgehead atoms. The number of hydrogen-bond donors (Lipinski definition) is 1. The van der Waals surface area contributed by atoms with Gasteiger partial charge < -0.3 is 24.4 Å². The Kier molecular flexibility index (Phi) is 7.94. The minimum Gasteiger partial charge on any atom is -0.378 e. The number of nitrogens with one attached hydrogen (secondary N) is 1. The topological polar surface area (TPSA) is 77.1 Å². The molecule has 138 valence electrons. The SMILES string of the molecule is CC(C)N(CCOCCNC(=O)[C@H]1CCCO1)C(=O)[C@H]1CCCO1. The standard InChI is InChI=1S/C17H30N2O5/c1-13(2)19(17(21)15-6-4-10-24-15)8-12-22-11-7-18-16(20)14-5-3-9-23-14/h13-15H,3-12H2,1-2H3,(H,18,20)/t14-,15-/m1/s1. The van der Waals surface area contributed by atoms with Crippen molar-refractivity contribution >= 4 is 11.8 Å². The van der Waals surface area contributed by atoms with Gasteiger partial charge in [-0.1, -0.05) is 0 Å². The summed E-state index contributed by atoms with van der Waals surface area (Å²) >= 11 is 0. The summed E-state index contributed by atoms with van der Waals surface area (Å²) in [6.45, 7) is 7.20. The fourth-order valence-corrected chi connectivity index (χ4v) is 2.99. The summed E-state index contributed by atoms with van der Waals surface area (Å²) in [5.41, 5.74) is 0. The third kappa shape index (κ3) is 5.72. The summed E-state index contributed by atoms with van der Waals surface area (Å²) in [4.78, 5) is 26.0. The van der Waals surface area contributed by atoms with Crippen LogP contribution in [0, 0.1) is 0 Å². The van der Waals surface area contributed by atoms with Crippen LogP contribution in [-0.4, -0.2) is 74.5 Å². The highest BCUT2D eigenvalue weighted by molar-refractivity contribution is 5.81. The maximum Gasteiger partial charge on any atom is 0.252 e. The molecule has 0 saturated carbocycles. The molecule has 2 saturated heterocycles. The molecular weight excluding hydrogens is 312 g/mol. The molecule has 2 amide bonds.